The molecule has 0 radical (unpaired) electrons. The molecule has 0 aromatic heterocycles. The van der Waals surface area contributed by atoms with Crippen LogP contribution in [0.1, 0.15) is 34.6 Å². The van der Waals surface area contributed by atoms with Gasteiger partial charge in [-0.05, 0) is 66.5 Å². The van der Waals surface area contributed by atoms with Gasteiger partial charge in [-0.15, -0.1) is 11.8 Å². The Hall–Kier alpha value is -1.41. The van der Waals surface area contributed by atoms with Crippen molar-refractivity contribution < 1.29 is 4.74 Å². The first-order valence-corrected chi connectivity index (χ1v) is 8.26. The second-order valence-electron chi connectivity index (χ2n) is 5.40. The lowest BCUT2D eigenvalue weighted by Crippen LogP contribution is -1.98. The molecular weight excluding hydrogens is 264 g/mol. The fourth-order valence-corrected chi connectivity index (χ4v) is 4.02. The van der Waals surface area contributed by atoms with Crippen molar-refractivity contribution in [1.29, 1.82) is 0 Å². The van der Waals surface area contributed by atoms with Crippen LogP contribution in [-0.2, 0) is 6.42 Å². The molecule has 3 rings (SSSR count). The Morgan fingerprint density at radius 1 is 1.15 bits per heavy atom. The van der Waals surface area contributed by atoms with E-state index in [4.69, 9.17) is 4.74 Å². The number of aryl methyl sites for hydroxylation is 2. The van der Waals surface area contributed by atoms with Crippen LogP contribution in [0.5, 0.6) is 5.75 Å². The van der Waals surface area contributed by atoms with Crippen molar-refractivity contribution >= 4 is 11.8 Å². The van der Waals surface area contributed by atoms with E-state index in [1.807, 2.05) is 11.8 Å². The van der Waals surface area contributed by atoms with Crippen LogP contribution in [0.3, 0.4) is 0 Å². The van der Waals surface area contributed by atoms with Gasteiger partial charge in [-0.1, -0.05) is 18.2 Å². The number of rotatable bonds is 3. The highest BCUT2D eigenvalue weighted by Gasteiger charge is 2.26. The largest absolute Gasteiger partial charge is 0.497 e. The van der Waals surface area contributed by atoms with Gasteiger partial charge in [0.05, 0.1) is 7.11 Å². The van der Waals surface area contributed by atoms with Crippen LogP contribution in [0.15, 0.2) is 41.3 Å². The highest BCUT2D eigenvalue weighted by molar-refractivity contribution is 7.98. The Bertz CT molecular complexity index is 616. The molecule has 0 fully saturated rings. The number of benzene rings is 2. The average Bonchev–Trinajstić information content (AvgIpc) is 2.90. The van der Waals surface area contributed by atoms with E-state index >= 15 is 0 Å². The van der Waals surface area contributed by atoms with Crippen molar-refractivity contribution in [3.8, 4) is 5.75 Å². The minimum atomic E-state index is 0.541. The van der Waals surface area contributed by atoms with Crippen molar-refractivity contribution in [3.63, 3.8) is 0 Å². The van der Waals surface area contributed by atoms with E-state index in [1.165, 1.54) is 34.4 Å². The molecule has 2 aromatic carbocycles. The van der Waals surface area contributed by atoms with E-state index in [9.17, 15) is 0 Å². The normalized spacial score (nSPS) is 17.1. The van der Waals surface area contributed by atoms with Crippen LogP contribution in [0.2, 0.25) is 0 Å². The number of thioether (sulfide) groups is 1. The van der Waals surface area contributed by atoms with E-state index in [0.717, 1.165) is 5.75 Å². The summed E-state index contributed by atoms with van der Waals surface area (Å²) >= 11 is 1.87. The third-order valence-corrected chi connectivity index (χ3v) is 4.94. The van der Waals surface area contributed by atoms with Crippen molar-refractivity contribution in [1.82, 2.24) is 0 Å². The number of ether oxygens (including phenoxy) is 1. The van der Waals surface area contributed by atoms with Gasteiger partial charge in [0.1, 0.15) is 5.75 Å². The van der Waals surface area contributed by atoms with Gasteiger partial charge in [-0.2, -0.15) is 0 Å². The zero-order chi connectivity index (χ0) is 14.1. The van der Waals surface area contributed by atoms with Crippen LogP contribution in [0, 0.1) is 6.92 Å². The SMILES string of the molecule is COc1ccc(C2CCc3cc(C)cc(SC)c32)cc1. The van der Waals surface area contributed by atoms with Crippen LogP contribution in [0.25, 0.3) is 0 Å². The molecule has 20 heavy (non-hydrogen) atoms. The Morgan fingerprint density at radius 3 is 2.55 bits per heavy atom. The monoisotopic (exact) mass is 284 g/mol. The van der Waals surface area contributed by atoms with E-state index in [0.29, 0.717) is 5.92 Å². The third kappa shape index (κ3) is 2.33. The molecule has 0 amide bonds. The second kappa shape index (κ2) is 5.53. The first kappa shape index (κ1) is 13.6. The van der Waals surface area contributed by atoms with E-state index in [2.05, 4.69) is 49.6 Å². The van der Waals surface area contributed by atoms with Crippen molar-refractivity contribution in [2.24, 2.45) is 0 Å². The molecule has 0 N–H and O–H groups in total. The number of hydrogen-bond acceptors (Lipinski definition) is 2. The Morgan fingerprint density at radius 2 is 1.90 bits per heavy atom. The zero-order valence-electron chi connectivity index (χ0n) is 12.3. The summed E-state index contributed by atoms with van der Waals surface area (Å²) in [5, 5.41) is 0. The minimum Gasteiger partial charge on any atom is -0.497 e. The fraction of sp³-hybridized carbons (Fsp3) is 0.333. The molecule has 2 heteroatoms. The van der Waals surface area contributed by atoms with E-state index in [-0.39, 0.29) is 0 Å². The van der Waals surface area contributed by atoms with Gasteiger partial charge in [0.25, 0.3) is 0 Å². The maximum absolute atomic E-state index is 5.26. The molecule has 0 saturated carbocycles. The zero-order valence-corrected chi connectivity index (χ0v) is 13.1. The predicted octanol–water partition coefficient (Wildman–Crippen LogP) is 4.80. The van der Waals surface area contributed by atoms with Gasteiger partial charge in [0.15, 0.2) is 0 Å². The van der Waals surface area contributed by atoms with Gasteiger partial charge >= 0.3 is 0 Å². The van der Waals surface area contributed by atoms with Gasteiger partial charge < -0.3 is 4.74 Å². The second-order valence-corrected chi connectivity index (χ2v) is 6.25. The molecule has 1 unspecified atom stereocenters. The van der Waals surface area contributed by atoms with Gasteiger partial charge in [0, 0.05) is 10.8 Å². The molecule has 0 bridgehead atoms. The van der Waals surface area contributed by atoms with Gasteiger partial charge in [-0.3, -0.25) is 0 Å². The molecule has 0 heterocycles. The van der Waals surface area contributed by atoms with Crippen LogP contribution in [-0.4, -0.2) is 13.4 Å². The van der Waals surface area contributed by atoms with Crippen molar-refractivity contribution in [2.45, 2.75) is 30.6 Å². The summed E-state index contributed by atoms with van der Waals surface area (Å²) in [6, 6.07) is 13.2. The van der Waals surface area contributed by atoms with Gasteiger partial charge in [-0.25, -0.2) is 0 Å². The number of fused-ring (bicyclic) bond motifs is 1. The molecule has 0 aliphatic heterocycles. The lowest BCUT2D eigenvalue weighted by Gasteiger charge is -2.16. The summed E-state index contributed by atoms with van der Waals surface area (Å²) in [6.07, 6.45) is 4.60. The smallest absolute Gasteiger partial charge is 0.118 e. The quantitative estimate of drug-likeness (QED) is 0.748. The maximum Gasteiger partial charge on any atom is 0.118 e. The van der Waals surface area contributed by atoms with Crippen LogP contribution in [0.4, 0.5) is 0 Å². The molecule has 1 aliphatic rings. The Labute approximate surface area is 125 Å². The Kier molecular flexibility index (Phi) is 3.75. The summed E-state index contributed by atoms with van der Waals surface area (Å²) in [5.41, 5.74) is 5.87. The summed E-state index contributed by atoms with van der Waals surface area (Å²) < 4.78 is 5.26. The third-order valence-electron chi connectivity index (χ3n) is 4.16. The standard InChI is InChI=1S/C18H20OS/c1-12-10-14-6-9-16(18(14)17(11-12)20-3)13-4-7-15(19-2)8-5-13/h4-5,7-8,10-11,16H,6,9H2,1-3H3. The highest BCUT2D eigenvalue weighted by atomic mass is 32.2. The molecule has 1 atom stereocenters. The number of methoxy groups -OCH3 is 1. The molecule has 2 aromatic rings. The molecule has 1 nitrogen and oxygen atoms in total. The summed E-state index contributed by atoms with van der Waals surface area (Å²) in [7, 11) is 1.72. The number of hydrogen-bond donors (Lipinski definition) is 0. The fourth-order valence-electron chi connectivity index (χ4n) is 3.22. The molecule has 104 valence electrons. The molecule has 0 saturated heterocycles. The maximum atomic E-state index is 5.26. The topological polar surface area (TPSA) is 9.23 Å². The van der Waals surface area contributed by atoms with Crippen LogP contribution < -0.4 is 4.74 Å². The summed E-state index contributed by atoms with van der Waals surface area (Å²) in [5.74, 6) is 1.47. The van der Waals surface area contributed by atoms with E-state index in [1.54, 1.807) is 12.7 Å². The summed E-state index contributed by atoms with van der Waals surface area (Å²) in [6.45, 7) is 2.20. The Balaban J connectivity index is 2.03. The van der Waals surface area contributed by atoms with Crippen molar-refractivity contribution in [3.05, 3.63) is 58.7 Å². The average molecular weight is 284 g/mol. The van der Waals surface area contributed by atoms with Crippen LogP contribution >= 0.6 is 11.8 Å². The summed E-state index contributed by atoms with van der Waals surface area (Å²) in [4.78, 5) is 1.44. The minimum absolute atomic E-state index is 0.541. The lowest BCUT2D eigenvalue weighted by atomic mass is 9.92. The van der Waals surface area contributed by atoms with Gasteiger partial charge in [0.2, 0.25) is 0 Å². The molecule has 1 aliphatic carbocycles. The molecular formula is C18H20OS. The highest BCUT2D eigenvalue weighted by Crippen LogP contribution is 2.43. The predicted molar refractivity (Wildman–Crippen MR) is 86.1 cm³/mol. The molecule has 0 spiro atoms. The first-order chi connectivity index (χ1) is 9.72. The lowest BCUT2D eigenvalue weighted by molar-refractivity contribution is 0.414. The first-order valence-electron chi connectivity index (χ1n) is 7.04. The van der Waals surface area contributed by atoms with E-state index < -0.39 is 0 Å². The van der Waals surface area contributed by atoms with Crippen molar-refractivity contribution in [2.75, 3.05) is 13.4 Å².